The van der Waals surface area contributed by atoms with Gasteiger partial charge in [0, 0.05) is 19.1 Å². The molecule has 0 N–H and O–H groups in total. The van der Waals surface area contributed by atoms with Crippen LogP contribution in [0.2, 0.25) is 0 Å². The van der Waals surface area contributed by atoms with Gasteiger partial charge in [-0.25, -0.2) is 8.42 Å². The van der Waals surface area contributed by atoms with E-state index >= 15 is 0 Å². The molecule has 6 heteroatoms. The van der Waals surface area contributed by atoms with E-state index < -0.39 is 15.8 Å². The Labute approximate surface area is 91.3 Å². The van der Waals surface area contributed by atoms with Crippen molar-refractivity contribution in [2.24, 2.45) is 5.92 Å². The first-order chi connectivity index (χ1) is 6.88. The second kappa shape index (κ2) is 4.47. The van der Waals surface area contributed by atoms with Crippen molar-refractivity contribution in [3.8, 4) is 6.07 Å². The summed E-state index contributed by atoms with van der Waals surface area (Å²) in [7, 11) is 0.528. The van der Waals surface area contributed by atoms with E-state index in [1.807, 2.05) is 25.9 Å². The molecule has 1 heterocycles. The molecule has 0 aromatic rings. The van der Waals surface area contributed by atoms with Gasteiger partial charge in [-0.1, -0.05) is 6.92 Å². The standard InChI is InChI=1S/C9H17N3O2S/c1-8-6-12(7-9(8)11(2)3)15(13,14)5-4-10/h8-9H,5-7H2,1-3H3. The molecular formula is C9H17N3O2S. The Kier molecular flexibility index (Phi) is 3.71. The maximum Gasteiger partial charge on any atom is 0.227 e. The molecule has 1 rings (SSSR count). The van der Waals surface area contributed by atoms with E-state index in [2.05, 4.69) is 0 Å². The Balaban J connectivity index is 2.75. The molecule has 0 spiro atoms. The van der Waals surface area contributed by atoms with Crippen LogP contribution < -0.4 is 0 Å². The van der Waals surface area contributed by atoms with E-state index in [4.69, 9.17) is 5.26 Å². The summed E-state index contributed by atoms with van der Waals surface area (Å²) in [5, 5.41) is 8.44. The van der Waals surface area contributed by atoms with E-state index in [-0.39, 0.29) is 6.04 Å². The highest BCUT2D eigenvalue weighted by atomic mass is 32.2. The lowest BCUT2D eigenvalue weighted by atomic mass is 10.1. The van der Waals surface area contributed by atoms with Crippen LogP contribution in [0.4, 0.5) is 0 Å². The van der Waals surface area contributed by atoms with Crippen LogP contribution in [0.5, 0.6) is 0 Å². The molecule has 0 amide bonds. The molecule has 0 saturated carbocycles. The number of sulfonamides is 1. The van der Waals surface area contributed by atoms with E-state index in [0.717, 1.165) is 0 Å². The number of hydrogen-bond acceptors (Lipinski definition) is 4. The van der Waals surface area contributed by atoms with Gasteiger partial charge in [0.25, 0.3) is 0 Å². The van der Waals surface area contributed by atoms with Crippen molar-refractivity contribution in [3.05, 3.63) is 0 Å². The van der Waals surface area contributed by atoms with E-state index in [9.17, 15) is 8.42 Å². The minimum absolute atomic E-state index is 0.249. The van der Waals surface area contributed by atoms with Crippen LogP contribution in [0.3, 0.4) is 0 Å². The lowest BCUT2D eigenvalue weighted by molar-refractivity contribution is 0.263. The third-order valence-corrected chi connectivity index (χ3v) is 4.42. The summed E-state index contributed by atoms with van der Waals surface area (Å²) in [6.45, 7) is 3.05. The van der Waals surface area contributed by atoms with E-state index in [1.54, 1.807) is 6.07 Å². The molecule has 5 nitrogen and oxygen atoms in total. The smallest absolute Gasteiger partial charge is 0.227 e. The highest BCUT2D eigenvalue weighted by Crippen LogP contribution is 2.22. The average molecular weight is 231 g/mol. The molecule has 0 aromatic heterocycles. The Bertz CT molecular complexity index is 358. The van der Waals surface area contributed by atoms with Crippen molar-refractivity contribution >= 4 is 10.0 Å². The zero-order valence-electron chi connectivity index (χ0n) is 9.34. The molecular weight excluding hydrogens is 214 g/mol. The van der Waals surface area contributed by atoms with Crippen LogP contribution >= 0.6 is 0 Å². The largest absolute Gasteiger partial charge is 0.305 e. The zero-order valence-corrected chi connectivity index (χ0v) is 10.2. The van der Waals surface area contributed by atoms with Crippen LogP contribution in [-0.4, -0.2) is 56.6 Å². The summed E-state index contributed by atoms with van der Waals surface area (Å²) in [4.78, 5) is 2.03. The van der Waals surface area contributed by atoms with Gasteiger partial charge in [0.1, 0.15) is 0 Å². The molecule has 0 aliphatic carbocycles. The fraction of sp³-hybridized carbons (Fsp3) is 0.889. The molecule has 0 aromatic carbocycles. The Hall–Kier alpha value is -0.640. The predicted molar refractivity (Wildman–Crippen MR) is 57.6 cm³/mol. The number of nitrogens with zero attached hydrogens (tertiary/aromatic N) is 3. The summed E-state index contributed by atoms with van der Waals surface area (Å²) in [5.74, 6) is -0.103. The molecule has 0 bridgehead atoms. The Morgan fingerprint density at radius 2 is 2.07 bits per heavy atom. The molecule has 1 aliphatic heterocycles. The summed E-state index contributed by atoms with van der Waals surface area (Å²) in [6.07, 6.45) is 0. The summed E-state index contributed by atoms with van der Waals surface area (Å²) in [5.41, 5.74) is 0. The monoisotopic (exact) mass is 231 g/mol. The molecule has 15 heavy (non-hydrogen) atoms. The van der Waals surface area contributed by atoms with Gasteiger partial charge >= 0.3 is 0 Å². The fourth-order valence-corrected chi connectivity index (χ4v) is 3.17. The normalized spacial score (nSPS) is 28.2. The average Bonchev–Trinajstić information content (AvgIpc) is 2.47. The van der Waals surface area contributed by atoms with Gasteiger partial charge in [0.2, 0.25) is 10.0 Å². The minimum Gasteiger partial charge on any atom is -0.305 e. The summed E-state index contributed by atoms with van der Waals surface area (Å²) >= 11 is 0. The maximum atomic E-state index is 11.6. The van der Waals surface area contributed by atoms with Gasteiger partial charge in [-0.15, -0.1) is 0 Å². The van der Waals surface area contributed by atoms with Crippen LogP contribution in [0, 0.1) is 17.2 Å². The maximum absolute atomic E-state index is 11.6. The highest BCUT2D eigenvalue weighted by molar-refractivity contribution is 7.89. The molecule has 2 unspecified atom stereocenters. The number of rotatable bonds is 3. The van der Waals surface area contributed by atoms with Crippen LogP contribution in [-0.2, 0) is 10.0 Å². The summed E-state index contributed by atoms with van der Waals surface area (Å²) in [6, 6.07) is 1.95. The number of hydrogen-bond donors (Lipinski definition) is 0. The van der Waals surface area contributed by atoms with Crippen LogP contribution in [0.15, 0.2) is 0 Å². The molecule has 0 radical (unpaired) electrons. The fourth-order valence-electron chi connectivity index (χ4n) is 1.98. The third-order valence-electron chi connectivity index (χ3n) is 2.84. The molecule has 86 valence electrons. The second-order valence-corrected chi connectivity index (χ2v) is 6.21. The molecule has 1 saturated heterocycles. The lowest BCUT2D eigenvalue weighted by Gasteiger charge is -2.22. The van der Waals surface area contributed by atoms with Gasteiger partial charge in [0.15, 0.2) is 5.75 Å². The lowest BCUT2D eigenvalue weighted by Crippen LogP contribution is -2.36. The quantitative estimate of drug-likeness (QED) is 0.670. The topological polar surface area (TPSA) is 64.4 Å². The predicted octanol–water partition coefficient (Wildman–Crippen LogP) is -0.278. The van der Waals surface area contributed by atoms with Crippen molar-refractivity contribution in [3.63, 3.8) is 0 Å². The highest BCUT2D eigenvalue weighted by Gasteiger charge is 2.36. The van der Waals surface area contributed by atoms with Crippen molar-refractivity contribution in [1.82, 2.24) is 9.21 Å². The van der Waals surface area contributed by atoms with Gasteiger partial charge < -0.3 is 4.90 Å². The van der Waals surface area contributed by atoms with E-state index in [0.29, 0.717) is 19.0 Å². The van der Waals surface area contributed by atoms with Gasteiger partial charge in [-0.2, -0.15) is 9.57 Å². The number of likely N-dealkylation sites (N-methyl/N-ethyl adjacent to an activating group) is 1. The summed E-state index contributed by atoms with van der Waals surface area (Å²) < 4.78 is 24.7. The van der Waals surface area contributed by atoms with Crippen molar-refractivity contribution in [1.29, 1.82) is 5.26 Å². The second-order valence-electron chi connectivity index (χ2n) is 4.24. The van der Waals surface area contributed by atoms with Crippen LogP contribution in [0.25, 0.3) is 0 Å². The first-order valence-electron chi connectivity index (χ1n) is 4.89. The van der Waals surface area contributed by atoms with Gasteiger partial charge in [0.05, 0.1) is 6.07 Å². The SMILES string of the molecule is CC1CN(S(=O)(=O)CC#N)CC1N(C)C. The number of nitriles is 1. The third kappa shape index (κ3) is 2.68. The first-order valence-corrected chi connectivity index (χ1v) is 6.50. The zero-order chi connectivity index (χ0) is 11.6. The molecule has 2 atom stereocenters. The van der Waals surface area contributed by atoms with Crippen molar-refractivity contribution in [2.75, 3.05) is 32.9 Å². The van der Waals surface area contributed by atoms with Crippen LogP contribution in [0.1, 0.15) is 6.92 Å². The minimum atomic E-state index is -3.36. The first kappa shape index (κ1) is 12.4. The van der Waals surface area contributed by atoms with Gasteiger partial charge in [-0.05, 0) is 20.0 Å². The molecule has 1 aliphatic rings. The Morgan fingerprint density at radius 1 is 1.47 bits per heavy atom. The van der Waals surface area contributed by atoms with Crippen molar-refractivity contribution < 1.29 is 8.42 Å². The van der Waals surface area contributed by atoms with Gasteiger partial charge in [-0.3, -0.25) is 0 Å². The van der Waals surface area contributed by atoms with E-state index in [1.165, 1.54) is 4.31 Å². The Morgan fingerprint density at radius 3 is 2.47 bits per heavy atom. The van der Waals surface area contributed by atoms with Crippen molar-refractivity contribution in [2.45, 2.75) is 13.0 Å². The molecule has 1 fully saturated rings.